The Bertz CT molecular complexity index is 401. The van der Waals surface area contributed by atoms with Crippen LogP contribution in [0.3, 0.4) is 0 Å². The maximum atomic E-state index is 10.5. The van der Waals surface area contributed by atoms with Gasteiger partial charge in [-0.3, -0.25) is 4.79 Å². The zero-order chi connectivity index (χ0) is 20.5. The molecule has 1 aliphatic rings. The molecule has 1 rings (SSSR count). The summed E-state index contributed by atoms with van der Waals surface area (Å²) in [5.41, 5.74) is 0. The van der Waals surface area contributed by atoms with Crippen LogP contribution in [0.2, 0.25) is 0 Å². The summed E-state index contributed by atoms with van der Waals surface area (Å²) in [6.45, 7) is 2.28. The maximum Gasteiger partial charge on any atom is 0.466 e. The van der Waals surface area contributed by atoms with Crippen molar-refractivity contribution in [3.63, 3.8) is 0 Å². The fourth-order valence-electron chi connectivity index (χ4n) is 4.10. The lowest BCUT2D eigenvalue weighted by atomic mass is 9.86. The molecule has 2 atom stereocenters. The second-order valence-electron chi connectivity index (χ2n) is 7.87. The third-order valence-electron chi connectivity index (χ3n) is 5.46. The van der Waals surface area contributed by atoms with Gasteiger partial charge in [0.15, 0.2) is 0 Å². The number of carboxylic acids is 1. The second-order valence-corrected chi connectivity index (χ2v) is 8.89. The van der Waals surface area contributed by atoms with Crippen molar-refractivity contribution in [2.24, 2.45) is 11.8 Å². The van der Waals surface area contributed by atoms with E-state index in [1.807, 2.05) is 0 Å². The standard InChI is InChI=1S/C20H38O2.H3O4P/c1-2-3-4-5-6-9-13-18-15-12-16-19(18)14-10-7-8-11-17-20(21)22;1-5(2,3)4/h18-19H,2-17H2,1H3,(H,21,22);(H3,1,2,3,4)/t18-,19-;/m0./s1. The quantitative estimate of drug-likeness (QED) is 0.218. The van der Waals surface area contributed by atoms with Crippen molar-refractivity contribution in [2.75, 3.05) is 0 Å². The second kappa shape index (κ2) is 16.5. The van der Waals surface area contributed by atoms with Gasteiger partial charge in [0.25, 0.3) is 0 Å². The minimum Gasteiger partial charge on any atom is -0.481 e. The van der Waals surface area contributed by atoms with Crippen molar-refractivity contribution >= 4 is 13.8 Å². The molecule has 1 saturated carbocycles. The largest absolute Gasteiger partial charge is 0.481 e. The monoisotopic (exact) mass is 408 g/mol. The molecule has 0 aliphatic heterocycles. The molecule has 6 nitrogen and oxygen atoms in total. The van der Waals surface area contributed by atoms with Crippen LogP contribution in [0, 0.1) is 11.8 Å². The predicted octanol–water partition coefficient (Wildman–Crippen LogP) is 5.65. The summed E-state index contributed by atoms with van der Waals surface area (Å²) in [7, 11) is -4.64. The molecule has 0 bridgehead atoms. The van der Waals surface area contributed by atoms with E-state index in [1.165, 1.54) is 83.5 Å². The normalized spacial score (nSPS) is 19.6. The Morgan fingerprint density at radius 2 is 1.22 bits per heavy atom. The van der Waals surface area contributed by atoms with E-state index in [9.17, 15) is 4.79 Å². The van der Waals surface area contributed by atoms with E-state index in [4.69, 9.17) is 24.4 Å². The summed E-state index contributed by atoms with van der Waals surface area (Å²) in [5, 5.41) is 8.63. The van der Waals surface area contributed by atoms with Crippen LogP contribution >= 0.6 is 7.82 Å². The van der Waals surface area contributed by atoms with E-state index in [1.54, 1.807) is 0 Å². The average Bonchev–Trinajstić information content (AvgIpc) is 2.99. The Morgan fingerprint density at radius 1 is 0.815 bits per heavy atom. The molecule has 7 heteroatoms. The topological polar surface area (TPSA) is 115 Å². The maximum absolute atomic E-state index is 10.5. The summed E-state index contributed by atoms with van der Waals surface area (Å²) in [6, 6.07) is 0. The van der Waals surface area contributed by atoms with E-state index in [-0.39, 0.29) is 0 Å². The molecule has 0 heterocycles. The van der Waals surface area contributed by atoms with Crippen LogP contribution < -0.4 is 0 Å². The SMILES string of the molecule is CCCCCCCC[C@H]1CCC[C@@H]1CCCCCCC(=O)O.O=P(O)(O)O. The zero-order valence-electron chi connectivity index (χ0n) is 17.0. The average molecular weight is 409 g/mol. The molecule has 4 N–H and O–H groups in total. The van der Waals surface area contributed by atoms with Gasteiger partial charge in [0.1, 0.15) is 0 Å². The fourth-order valence-corrected chi connectivity index (χ4v) is 4.10. The summed E-state index contributed by atoms with van der Waals surface area (Å²) >= 11 is 0. The van der Waals surface area contributed by atoms with Crippen molar-refractivity contribution < 1.29 is 29.1 Å². The van der Waals surface area contributed by atoms with Gasteiger partial charge in [-0.05, 0) is 18.3 Å². The van der Waals surface area contributed by atoms with Crippen LogP contribution in [0.4, 0.5) is 0 Å². The number of phosphoric acid groups is 1. The number of unbranched alkanes of at least 4 members (excludes halogenated alkanes) is 8. The number of aliphatic carboxylic acids is 1. The lowest BCUT2D eigenvalue weighted by Gasteiger charge is -2.19. The summed E-state index contributed by atoms with van der Waals surface area (Å²) in [6.07, 6.45) is 20.6. The van der Waals surface area contributed by atoms with Crippen LogP contribution in [-0.2, 0) is 9.36 Å². The van der Waals surface area contributed by atoms with Gasteiger partial charge in [0.05, 0.1) is 0 Å². The summed E-state index contributed by atoms with van der Waals surface area (Å²) < 4.78 is 8.88. The van der Waals surface area contributed by atoms with Gasteiger partial charge in [-0.1, -0.05) is 96.8 Å². The zero-order valence-corrected chi connectivity index (χ0v) is 17.9. The molecule has 1 fully saturated rings. The molecule has 0 spiro atoms. The molecule has 1 aliphatic carbocycles. The Kier molecular flexibility index (Phi) is 16.3. The Morgan fingerprint density at radius 3 is 1.67 bits per heavy atom. The first-order valence-corrected chi connectivity index (χ1v) is 12.3. The van der Waals surface area contributed by atoms with Gasteiger partial charge in [0, 0.05) is 6.42 Å². The van der Waals surface area contributed by atoms with E-state index in [0.29, 0.717) is 6.42 Å². The highest BCUT2D eigenvalue weighted by atomic mass is 31.2. The first kappa shape index (κ1) is 26.6. The van der Waals surface area contributed by atoms with E-state index >= 15 is 0 Å². The van der Waals surface area contributed by atoms with Gasteiger partial charge in [-0.2, -0.15) is 0 Å². The highest BCUT2D eigenvalue weighted by molar-refractivity contribution is 7.45. The van der Waals surface area contributed by atoms with E-state index in [0.717, 1.165) is 24.7 Å². The van der Waals surface area contributed by atoms with Crippen LogP contribution in [0.25, 0.3) is 0 Å². The summed E-state index contributed by atoms with van der Waals surface area (Å²) in [4.78, 5) is 32.0. The van der Waals surface area contributed by atoms with Crippen molar-refractivity contribution in [2.45, 2.75) is 110 Å². The number of rotatable bonds is 14. The van der Waals surface area contributed by atoms with Crippen LogP contribution in [0.5, 0.6) is 0 Å². The summed E-state index contributed by atoms with van der Waals surface area (Å²) in [5.74, 6) is 1.34. The number of hydrogen-bond donors (Lipinski definition) is 4. The van der Waals surface area contributed by atoms with Crippen molar-refractivity contribution in [1.82, 2.24) is 0 Å². The molecule has 27 heavy (non-hydrogen) atoms. The van der Waals surface area contributed by atoms with Crippen LogP contribution in [0.15, 0.2) is 0 Å². The van der Waals surface area contributed by atoms with Gasteiger partial charge in [-0.25, -0.2) is 4.57 Å². The lowest BCUT2D eigenvalue weighted by molar-refractivity contribution is -0.137. The minimum absolute atomic E-state index is 0.351. The van der Waals surface area contributed by atoms with Crippen molar-refractivity contribution in [3.05, 3.63) is 0 Å². The minimum atomic E-state index is -4.64. The molecule has 0 unspecified atom stereocenters. The van der Waals surface area contributed by atoms with E-state index in [2.05, 4.69) is 6.92 Å². The lowest BCUT2D eigenvalue weighted by Crippen LogP contribution is -2.08. The first-order valence-electron chi connectivity index (χ1n) is 10.7. The molecular weight excluding hydrogens is 367 g/mol. The molecule has 0 aromatic rings. The third kappa shape index (κ3) is 20.1. The fraction of sp³-hybridized carbons (Fsp3) is 0.950. The van der Waals surface area contributed by atoms with Crippen LogP contribution in [0.1, 0.15) is 110 Å². The highest BCUT2D eigenvalue weighted by Gasteiger charge is 2.25. The van der Waals surface area contributed by atoms with Crippen LogP contribution in [-0.4, -0.2) is 25.8 Å². The molecule has 0 aromatic heterocycles. The number of carbonyl (C=O) groups is 1. The molecule has 0 saturated heterocycles. The number of carboxylic acid groups (broad SMARTS) is 1. The predicted molar refractivity (Wildman–Crippen MR) is 108 cm³/mol. The molecular formula is C20H41O6P. The Balaban J connectivity index is 0.00000119. The van der Waals surface area contributed by atoms with Crippen molar-refractivity contribution in [3.8, 4) is 0 Å². The molecule has 0 aromatic carbocycles. The smallest absolute Gasteiger partial charge is 0.466 e. The molecule has 0 radical (unpaired) electrons. The highest BCUT2D eigenvalue weighted by Crippen LogP contribution is 2.38. The van der Waals surface area contributed by atoms with Gasteiger partial charge < -0.3 is 19.8 Å². The van der Waals surface area contributed by atoms with Gasteiger partial charge in [-0.15, -0.1) is 0 Å². The molecule has 162 valence electrons. The Hall–Kier alpha value is -0.420. The first-order chi connectivity index (χ1) is 12.7. The Labute approximate surface area is 165 Å². The van der Waals surface area contributed by atoms with Crippen molar-refractivity contribution in [1.29, 1.82) is 0 Å². The molecule has 0 amide bonds. The van der Waals surface area contributed by atoms with Gasteiger partial charge in [0.2, 0.25) is 0 Å². The number of hydrogen-bond acceptors (Lipinski definition) is 2. The third-order valence-corrected chi connectivity index (χ3v) is 5.46. The van der Waals surface area contributed by atoms with Gasteiger partial charge >= 0.3 is 13.8 Å². The van der Waals surface area contributed by atoms with E-state index < -0.39 is 13.8 Å².